The lowest BCUT2D eigenvalue weighted by Crippen LogP contribution is -2.31. The van der Waals surface area contributed by atoms with E-state index in [0.717, 1.165) is 23.4 Å². The van der Waals surface area contributed by atoms with Crippen LogP contribution in [-0.4, -0.2) is 40.1 Å². The molecule has 0 bridgehead atoms. The summed E-state index contributed by atoms with van der Waals surface area (Å²) < 4.78 is 10.9. The van der Waals surface area contributed by atoms with Crippen LogP contribution in [0.15, 0.2) is 22.9 Å². The molecule has 0 radical (unpaired) electrons. The number of ether oxygens (including phenoxy) is 1. The lowest BCUT2D eigenvalue weighted by Gasteiger charge is -2.17. The smallest absolute Gasteiger partial charge is 0.223 e. The van der Waals surface area contributed by atoms with E-state index in [1.807, 2.05) is 18.7 Å². The third-order valence-electron chi connectivity index (χ3n) is 4.42. The van der Waals surface area contributed by atoms with Gasteiger partial charge in [0.25, 0.3) is 0 Å². The molecule has 1 atom stereocenters. The van der Waals surface area contributed by atoms with Crippen molar-refractivity contribution in [2.75, 3.05) is 13.1 Å². The zero-order valence-corrected chi connectivity index (χ0v) is 14.4. The van der Waals surface area contributed by atoms with Crippen LogP contribution in [0.3, 0.4) is 0 Å². The zero-order chi connectivity index (χ0) is 17.8. The molecule has 1 amide bonds. The Bertz CT molecular complexity index is 789. The minimum Gasteiger partial charge on any atom is -0.472 e. The van der Waals surface area contributed by atoms with Crippen molar-refractivity contribution in [3.8, 4) is 11.9 Å². The number of nitrogens with zero attached hydrogens (tertiary/aromatic N) is 4. The molecule has 2 aromatic heterocycles. The van der Waals surface area contributed by atoms with E-state index >= 15 is 0 Å². The Balaban J connectivity index is 1.52. The van der Waals surface area contributed by atoms with Crippen molar-refractivity contribution >= 4 is 5.91 Å². The van der Waals surface area contributed by atoms with Gasteiger partial charge in [0, 0.05) is 37.2 Å². The van der Waals surface area contributed by atoms with Crippen LogP contribution in [0.2, 0.25) is 0 Å². The molecule has 1 aliphatic rings. The fourth-order valence-electron chi connectivity index (χ4n) is 3.01. The normalized spacial score (nSPS) is 16.7. The van der Waals surface area contributed by atoms with Gasteiger partial charge in [-0.1, -0.05) is 5.16 Å². The maximum Gasteiger partial charge on any atom is 0.223 e. The van der Waals surface area contributed by atoms with E-state index in [1.54, 1.807) is 18.3 Å². The van der Waals surface area contributed by atoms with Crippen molar-refractivity contribution in [3.63, 3.8) is 0 Å². The van der Waals surface area contributed by atoms with E-state index in [9.17, 15) is 4.79 Å². The fraction of sp³-hybridized carbons (Fsp3) is 0.444. The second-order valence-electron chi connectivity index (χ2n) is 6.17. The highest BCUT2D eigenvalue weighted by atomic mass is 16.5. The van der Waals surface area contributed by atoms with Gasteiger partial charge >= 0.3 is 0 Å². The van der Waals surface area contributed by atoms with Gasteiger partial charge in [0.2, 0.25) is 11.8 Å². The molecular weight excluding hydrogens is 320 g/mol. The Morgan fingerprint density at radius 3 is 3.08 bits per heavy atom. The molecule has 3 heterocycles. The second-order valence-corrected chi connectivity index (χ2v) is 6.17. The SMILES string of the molecule is Cc1noc(C)c1CCC(=O)N1CCC(Oc2cc(C#N)ccn2)C1. The molecule has 7 heteroatoms. The van der Waals surface area contributed by atoms with Gasteiger partial charge in [0.1, 0.15) is 11.9 Å². The van der Waals surface area contributed by atoms with Crippen LogP contribution in [-0.2, 0) is 11.2 Å². The number of nitriles is 1. The first-order valence-electron chi connectivity index (χ1n) is 8.29. The van der Waals surface area contributed by atoms with Crippen LogP contribution >= 0.6 is 0 Å². The molecule has 0 aliphatic carbocycles. The van der Waals surface area contributed by atoms with Crippen LogP contribution in [0.4, 0.5) is 0 Å². The van der Waals surface area contributed by atoms with Gasteiger partial charge in [-0.05, 0) is 26.3 Å². The van der Waals surface area contributed by atoms with E-state index < -0.39 is 0 Å². The molecule has 0 spiro atoms. The summed E-state index contributed by atoms with van der Waals surface area (Å²) in [5.74, 6) is 1.30. The third-order valence-corrected chi connectivity index (χ3v) is 4.42. The zero-order valence-electron chi connectivity index (χ0n) is 14.4. The number of hydrogen-bond donors (Lipinski definition) is 0. The van der Waals surface area contributed by atoms with Crippen molar-refractivity contribution < 1.29 is 14.1 Å². The molecule has 25 heavy (non-hydrogen) atoms. The van der Waals surface area contributed by atoms with E-state index in [-0.39, 0.29) is 12.0 Å². The summed E-state index contributed by atoms with van der Waals surface area (Å²) in [5.41, 5.74) is 2.37. The highest BCUT2D eigenvalue weighted by Crippen LogP contribution is 2.20. The van der Waals surface area contributed by atoms with Gasteiger partial charge in [0.15, 0.2) is 0 Å². The van der Waals surface area contributed by atoms with Gasteiger partial charge in [-0.2, -0.15) is 5.26 Å². The van der Waals surface area contributed by atoms with Crippen molar-refractivity contribution in [2.24, 2.45) is 0 Å². The predicted molar refractivity (Wildman–Crippen MR) is 88.9 cm³/mol. The Kier molecular flexibility index (Phi) is 4.98. The van der Waals surface area contributed by atoms with E-state index in [1.165, 1.54) is 0 Å². The molecule has 7 nitrogen and oxygen atoms in total. The first-order chi connectivity index (χ1) is 12.1. The largest absolute Gasteiger partial charge is 0.472 e. The Morgan fingerprint density at radius 2 is 2.36 bits per heavy atom. The highest BCUT2D eigenvalue weighted by Gasteiger charge is 2.28. The summed E-state index contributed by atoms with van der Waals surface area (Å²) in [6.07, 6.45) is 3.28. The molecule has 1 unspecified atom stereocenters. The third kappa shape index (κ3) is 3.97. The summed E-state index contributed by atoms with van der Waals surface area (Å²) in [6.45, 7) is 4.96. The van der Waals surface area contributed by atoms with Crippen LogP contribution < -0.4 is 4.74 Å². The van der Waals surface area contributed by atoms with Gasteiger partial charge in [0.05, 0.1) is 23.9 Å². The summed E-state index contributed by atoms with van der Waals surface area (Å²) in [6, 6.07) is 5.31. The monoisotopic (exact) mass is 340 g/mol. The van der Waals surface area contributed by atoms with Crippen molar-refractivity contribution in [3.05, 3.63) is 40.9 Å². The number of hydrogen-bond acceptors (Lipinski definition) is 6. The first kappa shape index (κ1) is 17.0. The molecule has 0 saturated carbocycles. The summed E-state index contributed by atoms with van der Waals surface area (Å²) in [5, 5.41) is 12.8. The minimum absolute atomic E-state index is 0.0931. The first-order valence-corrected chi connectivity index (χ1v) is 8.29. The molecule has 0 N–H and O–H groups in total. The van der Waals surface area contributed by atoms with Crippen LogP contribution in [0.25, 0.3) is 0 Å². The number of amides is 1. The summed E-state index contributed by atoms with van der Waals surface area (Å²) in [4.78, 5) is 18.4. The minimum atomic E-state index is -0.0931. The number of carbonyl (C=O) groups excluding carboxylic acids is 1. The molecule has 130 valence electrons. The Labute approximate surface area is 146 Å². The van der Waals surface area contributed by atoms with E-state index in [4.69, 9.17) is 14.5 Å². The molecule has 3 rings (SSSR count). The summed E-state index contributed by atoms with van der Waals surface area (Å²) >= 11 is 0. The molecule has 1 aliphatic heterocycles. The molecule has 2 aromatic rings. The van der Waals surface area contributed by atoms with Crippen molar-refractivity contribution in [2.45, 2.75) is 39.2 Å². The Hall–Kier alpha value is -2.88. The van der Waals surface area contributed by atoms with Crippen molar-refractivity contribution in [1.29, 1.82) is 5.26 Å². The summed E-state index contributed by atoms with van der Waals surface area (Å²) in [7, 11) is 0. The number of rotatable bonds is 5. The van der Waals surface area contributed by atoms with Crippen LogP contribution in [0.1, 0.15) is 35.4 Å². The van der Waals surface area contributed by atoms with E-state index in [2.05, 4.69) is 16.2 Å². The van der Waals surface area contributed by atoms with Gasteiger partial charge in [-0.25, -0.2) is 4.98 Å². The fourth-order valence-corrected chi connectivity index (χ4v) is 3.01. The average Bonchev–Trinajstić information content (AvgIpc) is 3.20. The van der Waals surface area contributed by atoms with Crippen LogP contribution in [0, 0.1) is 25.2 Å². The lowest BCUT2D eigenvalue weighted by atomic mass is 10.1. The lowest BCUT2D eigenvalue weighted by molar-refractivity contribution is -0.130. The Morgan fingerprint density at radius 1 is 1.52 bits per heavy atom. The highest BCUT2D eigenvalue weighted by molar-refractivity contribution is 5.76. The van der Waals surface area contributed by atoms with Gasteiger partial charge < -0.3 is 14.2 Å². The number of likely N-dealkylation sites (tertiary alicyclic amines) is 1. The maximum atomic E-state index is 12.4. The number of aromatic nitrogens is 2. The van der Waals surface area contributed by atoms with Crippen LogP contribution in [0.5, 0.6) is 5.88 Å². The van der Waals surface area contributed by atoms with E-state index in [0.29, 0.717) is 37.4 Å². The topological polar surface area (TPSA) is 92.3 Å². The second kappa shape index (κ2) is 7.34. The van der Waals surface area contributed by atoms with Gasteiger partial charge in [-0.15, -0.1) is 0 Å². The number of pyridine rings is 1. The maximum absolute atomic E-state index is 12.4. The average molecular weight is 340 g/mol. The predicted octanol–water partition coefficient (Wildman–Crippen LogP) is 2.17. The quantitative estimate of drug-likeness (QED) is 0.828. The molecule has 1 fully saturated rings. The van der Waals surface area contributed by atoms with Gasteiger partial charge in [-0.3, -0.25) is 4.79 Å². The molecular formula is C18H20N4O3. The standard InChI is InChI=1S/C18H20N4O3/c1-12-16(13(2)25-21-12)3-4-18(23)22-8-6-15(11-22)24-17-9-14(10-19)5-7-20-17/h5,7,9,15H,3-4,6,8,11H2,1-2H3. The number of carbonyl (C=O) groups is 1. The number of aryl methyl sites for hydroxylation is 2. The molecule has 1 saturated heterocycles. The molecule has 0 aromatic carbocycles. The van der Waals surface area contributed by atoms with Crippen molar-refractivity contribution in [1.82, 2.24) is 15.0 Å².